The van der Waals surface area contributed by atoms with Crippen LogP contribution in [0.2, 0.25) is 0 Å². The van der Waals surface area contributed by atoms with Crippen molar-refractivity contribution in [3.05, 3.63) is 29.8 Å². The first-order chi connectivity index (χ1) is 7.19. The van der Waals surface area contributed by atoms with E-state index in [0.29, 0.717) is 11.3 Å². The molecule has 0 radical (unpaired) electrons. The Morgan fingerprint density at radius 2 is 1.93 bits per heavy atom. The molecule has 1 aromatic carbocycles. The van der Waals surface area contributed by atoms with Gasteiger partial charge in [-0.05, 0) is 17.7 Å². The van der Waals surface area contributed by atoms with Gasteiger partial charge in [-0.2, -0.15) is 5.26 Å². The Balaban J connectivity index is 2.74. The number of anilines is 1. The lowest BCUT2D eigenvalue weighted by Gasteiger charge is -2.15. The van der Waals surface area contributed by atoms with Crippen LogP contribution in [0.5, 0.6) is 0 Å². The van der Waals surface area contributed by atoms with Crippen LogP contribution < -0.4 is 11.3 Å². The number of hydrogen-bond acceptors (Lipinski definition) is 5. The zero-order valence-corrected chi connectivity index (χ0v) is 8.09. The van der Waals surface area contributed by atoms with E-state index >= 15 is 0 Å². The van der Waals surface area contributed by atoms with Gasteiger partial charge in [-0.15, -0.1) is 0 Å². The fraction of sp³-hybridized carbons (Fsp3) is 0.300. The molecular formula is C10H13N3O2. The van der Waals surface area contributed by atoms with Crippen LogP contribution in [-0.2, 0) is 0 Å². The quantitative estimate of drug-likeness (QED) is 0.419. The highest BCUT2D eigenvalue weighted by Crippen LogP contribution is 2.20. The fourth-order valence-electron chi connectivity index (χ4n) is 1.20. The fourth-order valence-corrected chi connectivity index (χ4v) is 1.20. The molecule has 0 heterocycles. The second kappa shape index (κ2) is 5.32. The number of hydrazine groups is 1. The summed E-state index contributed by atoms with van der Waals surface area (Å²) in [5, 5.41) is 27.4. The molecular weight excluding hydrogens is 194 g/mol. The van der Waals surface area contributed by atoms with Crippen molar-refractivity contribution in [2.45, 2.75) is 18.6 Å². The van der Waals surface area contributed by atoms with E-state index in [1.54, 1.807) is 30.3 Å². The van der Waals surface area contributed by atoms with Gasteiger partial charge in [0.05, 0.1) is 18.6 Å². The predicted molar refractivity (Wildman–Crippen MR) is 55.4 cm³/mol. The molecule has 0 aromatic heterocycles. The van der Waals surface area contributed by atoms with E-state index in [4.69, 9.17) is 11.1 Å². The summed E-state index contributed by atoms with van der Waals surface area (Å²) in [6.07, 6.45) is -2.21. The van der Waals surface area contributed by atoms with Gasteiger partial charge in [-0.1, -0.05) is 12.1 Å². The lowest BCUT2D eigenvalue weighted by atomic mass is 10.0. The summed E-state index contributed by atoms with van der Waals surface area (Å²) < 4.78 is 0. The normalized spacial score (nSPS) is 14.0. The van der Waals surface area contributed by atoms with Gasteiger partial charge < -0.3 is 15.6 Å². The second-order valence-corrected chi connectivity index (χ2v) is 3.14. The Morgan fingerprint density at radius 1 is 1.33 bits per heavy atom. The molecule has 0 aliphatic carbocycles. The highest BCUT2D eigenvalue weighted by Gasteiger charge is 2.17. The van der Waals surface area contributed by atoms with Crippen LogP contribution in [0.25, 0.3) is 0 Å². The Bertz CT molecular complexity index is 345. The average Bonchev–Trinajstić information content (AvgIpc) is 2.28. The van der Waals surface area contributed by atoms with E-state index in [1.165, 1.54) is 0 Å². The van der Waals surface area contributed by atoms with E-state index in [0.717, 1.165) is 0 Å². The Morgan fingerprint density at radius 3 is 2.40 bits per heavy atom. The molecule has 0 amide bonds. The Kier molecular flexibility index (Phi) is 4.06. The van der Waals surface area contributed by atoms with Crippen molar-refractivity contribution in [2.24, 2.45) is 5.84 Å². The van der Waals surface area contributed by atoms with Crippen LogP contribution in [-0.4, -0.2) is 16.3 Å². The first-order valence-corrected chi connectivity index (χ1v) is 4.48. The zero-order chi connectivity index (χ0) is 11.3. The molecule has 0 aliphatic rings. The second-order valence-electron chi connectivity index (χ2n) is 3.14. The maximum Gasteiger partial charge on any atom is 0.106 e. The van der Waals surface area contributed by atoms with Crippen molar-refractivity contribution in [3.8, 4) is 6.07 Å². The van der Waals surface area contributed by atoms with Crippen molar-refractivity contribution in [1.29, 1.82) is 5.26 Å². The predicted octanol–water partition coefficient (Wildman–Crippen LogP) is 0.280. The first-order valence-electron chi connectivity index (χ1n) is 4.48. The first kappa shape index (κ1) is 11.5. The molecule has 5 heteroatoms. The molecule has 0 fully saturated rings. The maximum atomic E-state index is 9.63. The summed E-state index contributed by atoms with van der Waals surface area (Å²) in [6, 6.07) is 8.43. The lowest BCUT2D eigenvalue weighted by molar-refractivity contribution is 0.0216. The molecule has 0 saturated heterocycles. The molecule has 0 aliphatic heterocycles. The van der Waals surface area contributed by atoms with Crippen molar-refractivity contribution < 1.29 is 10.2 Å². The highest BCUT2D eigenvalue weighted by atomic mass is 16.3. The van der Waals surface area contributed by atoms with Gasteiger partial charge in [0.1, 0.15) is 6.10 Å². The van der Waals surface area contributed by atoms with Gasteiger partial charge in [0, 0.05) is 5.69 Å². The van der Waals surface area contributed by atoms with Crippen LogP contribution >= 0.6 is 0 Å². The number of nitriles is 1. The Labute approximate surface area is 87.7 Å². The van der Waals surface area contributed by atoms with Crippen LogP contribution in [0.4, 0.5) is 5.69 Å². The number of aliphatic hydroxyl groups excluding tert-OH is 2. The molecule has 80 valence electrons. The topological polar surface area (TPSA) is 102 Å². The molecule has 5 nitrogen and oxygen atoms in total. The molecule has 1 rings (SSSR count). The smallest absolute Gasteiger partial charge is 0.106 e. The molecule has 15 heavy (non-hydrogen) atoms. The zero-order valence-electron chi connectivity index (χ0n) is 8.09. The minimum absolute atomic E-state index is 0.0991. The minimum atomic E-state index is -1.06. The van der Waals surface area contributed by atoms with Crippen LogP contribution in [0.15, 0.2) is 24.3 Å². The van der Waals surface area contributed by atoms with Crippen molar-refractivity contribution in [1.82, 2.24) is 0 Å². The van der Waals surface area contributed by atoms with Gasteiger partial charge in [-0.3, -0.25) is 5.84 Å². The number of benzene rings is 1. The summed E-state index contributed by atoms with van der Waals surface area (Å²) in [5.74, 6) is 5.18. The standard InChI is InChI=1S/C10H13N3O2/c11-6-5-9(14)10(15)7-1-3-8(13-12)4-2-7/h1-4,9-10,13-15H,5,12H2. The van der Waals surface area contributed by atoms with Crippen molar-refractivity contribution in [2.75, 3.05) is 5.43 Å². The third-order valence-electron chi connectivity index (χ3n) is 2.08. The highest BCUT2D eigenvalue weighted by molar-refractivity contribution is 5.43. The number of hydrogen-bond donors (Lipinski definition) is 4. The molecule has 0 saturated carbocycles. The third-order valence-corrected chi connectivity index (χ3v) is 2.08. The van der Waals surface area contributed by atoms with Gasteiger partial charge in [0.25, 0.3) is 0 Å². The van der Waals surface area contributed by atoms with E-state index in [2.05, 4.69) is 5.43 Å². The van der Waals surface area contributed by atoms with Gasteiger partial charge in [0.15, 0.2) is 0 Å². The SMILES string of the molecule is N#CCC(O)C(O)c1ccc(NN)cc1. The van der Waals surface area contributed by atoms with Crippen LogP contribution in [0.1, 0.15) is 18.1 Å². The van der Waals surface area contributed by atoms with E-state index in [-0.39, 0.29) is 6.42 Å². The van der Waals surface area contributed by atoms with Gasteiger partial charge in [-0.25, -0.2) is 0 Å². The van der Waals surface area contributed by atoms with Crippen LogP contribution in [0, 0.1) is 11.3 Å². The molecule has 2 unspecified atom stereocenters. The number of rotatable bonds is 4. The molecule has 0 spiro atoms. The number of nitrogen functional groups attached to an aromatic ring is 1. The monoisotopic (exact) mass is 207 g/mol. The minimum Gasteiger partial charge on any atom is -0.389 e. The number of nitrogens with two attached hydrogens (primary N) is 1. The average molecular weight is 207 g/mol. The summed E-state index contributed by atoms with van der Waals surface area (Å²) in [5.41, 5.74) is 3.71. The summed E-state index contributed by atoms with van der Waals surface area (Å²) in [4.78, 5) is 0. The van der Waals surface area contributed by atoms with E-state index < -0.39 is 12.2 Å². The van der Waals surface area contributed by atoms with E-state index in [1.807, 2.05) is 0 Å². The number of nitrogens with one attached hydrogen (secondary N) is 1. The van der Waals surface area contributed by atoms with Crippen LogP contribution in [0.3, 0.4) is 0 Å². The van der Waals surface area contributed by atoms with Gasteiger partial charge >= 0.3 is 0 Å². The lowest BCUT2D eigenvalue weighted by Crippen LogP contribution is -2.17. The van der Waals surface area contributed by atoms with E-state index in [9.17, 15) is 10.2 Å². The molecule has 0 bridgehead atoms. The van der Waals surface area contributed by atoms with Gasteiger partial charge in [0.2, 0.25) is 0 Å². The number of aliphatic hydroxyl groups is 2. The summed E-state index contributed by atoms with van der Waals surface area (Å²) in [6.45, 7) is 0. The summed E-state index contributed by atoms with van der Waals surface area (Å²) in [7, 11) is 0. The molecule has 5 N–H and O–H groups in total. The number of nitrogens with zero attached hydrogens (tertiary/aromatic N) is 1. The largest absolute Gasteiger partial charge is 0.389 e. The maximum absolute atomic E-state index is 9.63. The molecule has 2 atom stereocenters. The van der Waals surface area contributed by atoms with Crippen molar-refractivity contribution >= 4 is 5.69 Å². The summed E-state index contributed by atoms with van der Waals surface area (Å²) >= 11 is 0. The van der Waals surface area contributed by atoms with Crippen molar-refractivity contribution in [3.63, 3.8) is 0 Å². The third kappa shape index (κ3) is 2.92. The Hall–Kier alpha value is -1.61. The molecule has 1 aromatic rings.